The van der Waals surface area contributed by atoms with E-state index in [4.69, 9.17) is 4.74 Å². The van der Waals surface area contributed by atoms with E-state index in [9.17, 15) is 4.79 Å². The van der Waals surface area contributed by atoms with Crippen LogP contribution in [0.2, 0.25) is 0 Å². The minimum Gasteiger partial charge on any atom is -0.373 e. The second-order valence-electron chi connectivity index (χ2n) is 6.52. The molecule has 2 saturated heterocycles. The molecule has 2 heterocycles. The Hall–Kier alpha value is -1.91. The van der Waals surface area contributed by atoms with Crippen LogP contribution in [0.15, 0.2) is 42.5 Å². The Morgan fingerprint density at radius 1 is 1.22 bits per heavy atom. The van der Waals surface area contributed by atoms with Crippen LogP contribution < -0.4 is 5.32 Å². The molecule has 2 aliphatic heterocycles. The number of nitrogens with one attached hydrogen (secondary N) is 1. The zero-order valence-electron chi connectivity index (χ0n) is 13.2. The van der Waals surface area contributed by atoms with Crippen molar-refractivity contribution in [1.29, 1.82) is 0 Å². The summed E-state index contributed by atoms with van der Waals surface area (Å²) in [5.41, 5.74) is 0.707. The fraction of sp³-hybridized carbons (Fsp3) is 0.421. The van der Waals surface area contributed by atoms with E-state index in [1.807, 2.05) is 36.4 Å². The summed E-state index contributed by atoms with van der Waals surface area (Å²) in [5.74, 6) is -0.0251. The summed E-state index contributed by atoms with van der Waals surface area (Å²) in [5, 5.41) is 5.27. The molecule has 0 saturated carbocycles. The molecule has 2 aromatic carbocycles. The number of hydrogen-bond donors (Lipinski definition) is 1. The molecule has 2 aliphatic rings. The van der Waals surface area contributed by atoms with Gasteiger partial charge in [0.2, 0.25) is 0 Å². The van der Waals surface area contributed by atoms with Crippen LogP contribution in [-0.2, 0) is 4.74 Å². The second kappa shape index (κ2) is 6.30. The van der Waals surface area contributed by atoms with Crippen molar-refractivity contribution >= 4 is 16.7 Å². The number of fused-ring (bicyclic) bond motifs is 2. The molecule has 0 aliphatic carbocycles. The lowest BCUT2D eigenvalue weighted by Crippen LogP contribution is -2.50. The average molecular weight is 310 g/mol. The first kappa shape index (κ1) is 14.7. The van der Waals surface area contributed by atoms with Crippen molar-refractivity contribution < 1.29 is 9.53 Å². The molecule has 0 radical (unpaired) electrons. The Morgan fingerprint density at radius 2 is 2.09 bits per heavy atom. The van der Waals surface area contributed by atoms with Gasteiger partial charge in [0, 0.05) is 24.7 Å². The molecule has 1 amide bonds. The lowest BCUT2D eigenvalue weighted by atomic mass is 10.1. The van der Waals surface area contributed by atoms with Crippen LogP contribution in [0.4, 0.5) is 0 Å². The third-order valence-corrected chi connectivity index (χ3v) is 4.96. The number of rotatable bonds is 3. The number of hydrogen-bond acceptors (Lipinski definition) is 3. The van der Waals surface area contributed by atoms with E-state index >= 15 is 0 Å². The first-order valence-corrected chi connectivity index (χ1v) is 8.42. The standard InChI is InChI=1S/C19H22N2O2/c22-19(16-8-7-14-4-1-2-5-15(14)10-16)20-11-18-12-21-9-3-6-17(21)13-23-18/h1-2,4-5,7-8,10,17-18H,3,6,9,11-13H2,(H,20,22)/t17-,18-/m0/s1. The van der Waals surface area contributed by atoms with Gasteiger partial charge in [-0.3, -0.25) is 9.69 Å². The molecule has 2 fully saturated rings. The van der Waals surface area contributed by atoms with Gasteiger partial charge in [0.25, 0.3) is 5.91 Å². The van der Waals surface area contributed by atoms with Crippen molar-refractivity contribution in [3.8, 4) is 0 Å². The van der Waals surface area contributed by atoms with Crippen LogP contribution in [0, 0.1) is 0 Å². The molecule has 0 unspecified atom stereocenters. The lowest BCUT2D eigenvalue weighted by molar-refractivity contribution is -0.0461. The molecule has 2 atom stereocenters. The molecular weight excluding hydrogens is 288 g/mol. The fourth-order valence-corrected chi connectivity index (χ4v) is 3.65. The van der Waals surface area contributed by atoms with E-state index in [2.05, 4.69) is 16.3 Å². The third kappa shape index (κ3) is 3.09. The molecular formula is C19H22N2O2. The summed E-state index contributed by atoms with van der Waals surface area (Å²) in [7, 11) is 0. The first-order chi connectivity index (χ1) is 11.3. The molecule has 23 heavy (non-hydrogen) atoms. The van der Waals surface area contributed by atoms with E-state index in [1.165, 1.54) is 19.4 Å². The normalized spacial score (nSPS) is 24.5. The number of carbonyl (C=O) groups is 1. The monoisotopic (exact) mass is 310 g/mol. The van der Waals surface area contributed by atoms with E-state index in [-0.39, 0.29) is 12.0 Å². The van der Waals surface area contributed by atoms with Gasteiger partial charge in [-0.25, -0.2) is 0 Å². The quantitative estimate of drug-likeness (QED) is 0.947. The van der Waals surface area contributed by atoms with Crippen molar-refractivity contribution in [3.63, 3.8) is 0 Å². The molecule has 1 N–H and O–H groups in total. The van der Waals surface area contributed by atoms with Crippen LogP contribution in [0.25, 0.3) is 10.8 Å². The molecule has 0 bridgehead atoms. The summed E-state index contributed by atoms with van der Waals surface area (Å²) >= 11 is 0. The lowest BCUT2D eigenvalue weighted by Gasteiger charge is -2.35. The van der Waals surface area contributed by atoms with E-state index in [0.29, 0.717) is 18.2 Å². The molecule has 0 aromatic heterocycles. The Kier molecular flexibility index (Phi) is 4.02. The number of carbonyl (C=O) groups excluding carboxylic acids is 1. The summed E-state index contributed by atoms with van der Waals surface area (Å²) in [6, 6.07) is 14.5. The maximum absolute atomic E-state index is 12.4. The van der Waals surface area contributed by atoms with Gasteiger partial charge in [-0.15, -0.1) is 0 Å². The Balaban J connectivity index is 1.37. The van der Waals surface area contributed by atoms with E-state index < -0.39 is 0 Å². The van der Waals surface area contributed by atoms with Gasteiger partial charge in [-0.1, -0.05) is 30.3 Å². The molecule has 120 valence electrons. The second-order valence-corrected chi connectivity index (χ2v) is 6.52. The average Bonchev–Trinajstić information content (AvgIpc) is 3.07. The van der Waals surface area contributed by atoms with E-state index in [0.717, 1.165) is 23.9 Å². The third-order valence-electron chi connectivity index (χ3n) is 4.96. The predicted molar refractivity (Wildman–Crippen MR) is 90.6 cm³/mol. The van der Waals surface area contributed by atoms with Crippen LogP contribution in [0.1, 0.15) is 23.2 Å². The van der Waals surface area contributed by atoms with Gasteiger partial charge in [-0.2, -0.15) is 0 Å². The van der Waals surface area contributed by atoms with Gasteiger partial charge >= 0.3 is 0 Å². The highest BCUT2D eigenvalue weighted by Crippen LogP contribution is 2.22. The number of ether oxygens (including phenoxy) is 1. The Morgan fingerprint density at radius 3 is 3.00 bits per heavy atom. The van der Waals surface area contributed by atoms with Gasteiger partial charge in [0.1, 0.15) is 0 Å². The molecule has 2 aromatic rings. The van der Waals surface area contributed by atoms with Crippen molar-refractivity contribution in [2.45, 2.75) is 25.0 Å². The highest BCUT2D eigenvalue weighted by atomic mass is 16.5. The van der Waals surface area contributed by atoms with Crippen molar-refractivity contribution in [3.05, 3.63) is 48.0 Å². The minimum atomic E-state index is -0.0251. The topological polar surface area (TPSA) is 41.6 Å². The number of amides is 1. The number of morpholine rings is 1. The van der Waals surface area contributed by atoms with Gasteiger partial charge in [0.05, 0.1) is 12.7 Å². The molecule has 4 heteroatoms. The highest BCUT2D eigenvalue weighted by molar-refractivity contribution is 5.98. The highest BCUT2D eigenvalue weighted by Gasteiger charge is 2.32. The smallest absolute Gasteiger partial charge is 0.251 e. The van der Waals surface area contributed by atoms with Crippen LogP contribution in [-0.4, -0.2) is 49.2 Å². The van der Waals surface area contributed by atoms with Crippen LogP contribution in [0.5, 0.6) is 0 Å². The molecule has 4 rings (SSSR count). The van der Waals surface area contributed by atoms with Gasteiger partial charge in [0.15, 0.2) is 0 Å². The zero-order valence-corrected chi connectivity index (χ0v) is 13.2. The largest absolute Gasteiger partial charge is 0.373 e. The summed E-state index contributed by atoms with van der Waals surface area (Å²) < 4.78 is 5.89. The van der Waals surface area contributed by atoms with Gasteiger partial charge < -0.3 is 10.1 Å². The van der Waals surface area contributed by atoms with Gasteiger partial charge in [-0.05, 0) is 42.3 Å². The van der Waals surface area contributed by atoms with Crippen molar-refractivity contribution in [1.82, 2.24) is 10.2 Å². The first-order valence-electron chi connectivity index (χ1n) is 8.42. The van der Waals surface area contributed by atoms with Crippen molar-refractivity contribution in [2.24, 2.45) is 0 Å². The minimum absolute atomic E-state index is 0.0251. The number of benzene rings is 2. The SMILES string of the molecule is O=C(NC[C@H]1CN2CCC[C@H]2CO1)c1ccc2ccccc2c1. The maximum Gasteiger partial charge on any atom is 0.251 e. The van der Waals surface area contributed by atoms with E-state index in [1.54, 1.807) is 0 Å². The molecule has 0 spiro atoms. The number of nitrogens with zero attached hydrogens (tertiary/aromatic N) is 1. The zero-order chi connectivity index (χ0) is 15.6. The predicted octanol–water partition coefficient (Wildman–Crippen LogP) is 2.43. The maximum atomic E-state index is 12.4. The van der Waals surface area contributed by atoms with Crippen molar-refractivity contribution in [2.75, 3.05) is 26.2 Å². The Labute approximate surface area is 136 Å². The fourth-order valence-electron chi connectivity index (χ4n) is 3.65. The molecule has 4 nitrogen and oxygen atoms in total. The Bertz CT molecular complexity index is 715. The summed E-state index contributed by atoms with van der Waals surface area (Å²) in [4.78, 5) is 14.9. The van der Waals surface area contributed by atoms with Crippen LogP contribution >= 0.6 is 0 Å². The summed E-state index contributed by atoms with van der Waals surface area (Å²) in [6.45, 7) is 3.48. The summed E-state index contributed by atoms with van der Waals surface area (Å²) in [6.07, 6.45) is 2.62. The van der Waals surface area contributed by atoms with Crippen LogP contribution in [0.3, 0.4) is 0 Å².